The number of para-hydroxylation sites is 1. The number of aliphatic imine (C=N–C) groups is 1. The van der Waals surface area contributed by atoms with E-state index >= 15 is 0 Å². The van der Waals surface area contributed by atoms with Crippen molar-refractivity contribution in [3.05, 3.63) is 75.4 Å². The Morgan fingerprint density at radius 2 is 1.94 bits per heavy atom. The van der Waals surface area contributed by atoms with Crippen LogP contribution in [0.3, 0.4) is 0 Å². The summed E-state index contributed by atoms with van der Waals surface area (Å²) in [5, 5.41) is 1.60. The van der Waals surface area contributed by atoms with Gasteiger partial charge in [0.1, 0.15) is 17.1 Å². The highest BCUT2D eigenvalue weighted by molar-refractivity contribution is 6.24. The predicted molar refractivity (Wildman–Crippen MR) is 121 cm³/mol. The van der Waals surface area contributed by atoms with Crippen LogP contribution in [-0.2, 0) is 14.3 Å². The van der Waals surface area contributed by atoms with Crippen LogP contribution in [0.1, 0.15) is 37.7 Å². The molecule has 0 fully saturated rings. The Morgan fingerprint density at radius 3 is 2.55 bits per heavy atom. The molecule has 0 saturated heterocycles. The lowest BCUT2D eigenvalue weighted by atomic mass is 9.93. The van der Waals surface area contributed by atoms with E-state index in [-0.39, 0.29) is 0 Å². The largest absolute Gasteiger partial charge is 0.494 e. The molecule has 1 N–H and O–H groups in total. The molecule has 0 bridgehead atoms. The summed E-state index contributed by atoms with van der Waals surface area (Å²) in [5.74, 6) is 0.110. The van der Waals surface area contributed by atoms with Crippen LogP contribution in [-0.4, -0.2) is 34.9 Å². The van der Waals surface area contributed by atoms with Crippen molar-refractivity contribution in [2.24, 2.45) is 9.98 Å². The van der Waals surface area contributed by atoms with Crippen LogP contribution in [0.25, 0.3) is 12.2 Å². The molecule has 4 rings (SSSR count). The minimum absolute atomic E-state index is 0.463. The molecule has 0 radical (unpaired) electrons. The number of nitrogens with one attached hydrogen (secondary N) is 1. The van der Waals surface area contributed by atoms with Gasteiger partial charge in [-0.3, -0.25) is 4.99 Å². The fourth-order valence-electron chi connectivity index (χ4n) is 3.77. The molecular formula is C25H27N3O3. The van der Waals surface area contributed by atoms with E-state index in [9.17, 15) is 4.79 Å². The number of methoxy groups -OCH3 is 1. The number of H-pyrrole nitrogens is 1. The number of rotatable bonds is 4. The maximum absolute atomic E-state index is 13.4. The van der Waals surface area contributed by atoms with Gasteiger partial charge in [-0.05, 0) is 69.7 Å². The van der Waals surface area contributed by atoms with Crippen LogP contribution in [0.4, 0.5) is 0 Å². The standard InChI is InChI=1S/C25H27N3O3/c1-15-11-16(2)26-19(15)12-20-21(30-6)13-22(27-20)25(23(29)31-24(3,4)5)14-17-9-7-8-10-18(17)28-25/h7-14,26H,1-6H3. The Morgan fingerprint density at radius 1 is 1.19 bits per heavy atom. The average Bonchev–Trinajstić information content (AvgIpc) is 3.36. The van der Waals surface area contributed by atoms with Gasteiger partial charge in [-0.25, -0.2) is 9.79 Å². The molecule has 0 aliphatic carbocycles. The number of hydrogen-bond acceptors (Lipinski definition) is 5. The zero-order valence-corrected chi connectivity index (χ0v) is 18.7. The number of ether oxygens (including phenoxy) is 2. The predicted octanol–water partition coefficient (Wildman–Crippen LogP) is 3.15. The van der Waals surface area contributed by atoms with Crippen molar-refractivity contribution < 1.29 is 14.3 Å². The number of esters is 1. The molecule has 0 saturated carbocycles. The van der Waals surface area contributed by atoms with Gasteiger partial charge in [0.05, 0.1) is 18.2 Å². The molecule has 2 aliphatic heterocycles. The van der Waals surface area contributed by atoms with Gasteiger partial charge in [0.25, 0.3) is 0 Å². The van der Waals surface area contributed by atoms with E-state index in [1.807, 2.05) is 71.0 Å². The highest BCUT2D eigenvalue weighted by Crippen LogP contribution is 2.32. The first kappa shape index (κ1) is 20.8. The molecule has 160 valence electrons. The van der Waals surface area contributed by atoms with E-state index in [2.05, 4.69) is 11.1 Å². The Labute approximate surface area is 181 Å². The van der Waals surface area contributed by atoms with Gasteiger partial charge in [0, 0.05) is 17.5 Å². The molecule has 1 unspecified atom stereocenters. The Bertz CT molecular complexity index is 1230. The van der Waals surface area contributed by atoms with Crippen molar-refractivity contribution in [2.45, 2.75) is 45.8 Å². The van der Waals surface area contributed by atoms with Gasteiger partial charge < -0.3 is 14.5 Å². The average molecular weight is 418 g/mol. The van der Waals surface area contributed by atoms with Crippen molar-refractivity contribution in [1.29, 1.82) is 0 Å². The number of aromatic nitrogens is 1. The third kappa shape index (κ3) is 3.85. The first-order valence-electron chi connectivity index (χ1n) is 10.3. The second-order valence-corrected chi connectivity index (χ2v) is 8.87. The highest BCUT2D eigenvalue weighted by Gasteiger charge is 2.47. The van der Waals surface area contributed by atoms with Crippen LogP contribution < -0.4 is 10.6 Å². The van der Waals surface area contributed by atoms with Crippen molar-refractivity contribution in [1.82, 2.24) is 4.98 Å². The van der Waals surface area contributed by atoms with Crippen molar-refractivity contribution in [3.63, 3.8) is 0 Å². The van der Waals surface area contributed by atoms with Crippen LogP contribution >= 0.6 is 0 Å². The van der Waals surface area contributed by atoms with Crippen molar-refractivity contribution in [3.8, 4) is 0 Å². The van der Waals surface area contributed by atoms with Crippen molar-refractivity contribution >= 4 is 23.8 Å². The second-order valence-electron chi connectivity index (χ2n) is 8.87. The normalized spacial score (nSPS) is 21.2. The number of carbonyl (C=O) groups excluding carboxylic acids is 1. The summed E-state index contributed by atoms with van der Waals surface area (Å²) in [6.45, 7) is 9.57. The van der Waals surface area contributed by atoms with Crippen LogP contribution in [0, 0.1) is 13.8 Å². The van der Waals surface area contributed by atoms with Crippen LogP contribution in [0.2, 0.25) is 0 Å². The van der Waals surface area contributed by atoms with Gasteiger partial charge in [0.2, 0.25) is 5.54 Å². The fraction of sp³-hybridized carbons (Fsp3) is 0.320. The minimum atomic E-state index is -1.36. The molecule has 1 aromatic carbocycles. The van der Waals surface area contributed by atoms with E-state index in [0.717, 1.165) is 27.5 Å². The van der Waals surface area contributed by atoms with E-state index in [1.54, 1.807) is 13.2 Å². The van der Waals surface area contributed by atoms with E-state index in [1.165, 1.54) is 0 Å². The summed E-state index contributed by atoms with van der Waals surface area (Å²) < 4.78 is 11.4. The number of benzene rings is 1. The lowest BCUT2D eigenvalue weighted by Crippen LogP contribution is -2.45. The van der Waals surface area contributed by atoms with E-state index in [0.29, 0.717) is 17.2 Å². The number of hydrogen-bond donors (Lipinski definition) is 1. The molecule has 6 heteroatoms. The molecule has 1 aromatic heterocycles. The molecule has 2 aliphatic rings. The molecule has 6 nitrogen and oxygen atoms in total. The fourth-order valence-corrected chi connectivity index (χ4v) is 3.77. The van der Waals surface area contributed by atoms with Gasteiger partial charge in [-0.1, -0.05) is 18.2 Å². The highest BCUT2D eigenvalue weighted by atomic mass is 16.6. The molecule has 2 aromatic rings. The van der Waals surface area contributed by atoms with Gasteiger partial charge in [-0.2, -0.15) is 0 Å². The summed E-state index contributed by atoms with van der Waals surface area (Å²) in [6, 6.07) is 9.71. The number of fused-ring (bicyclic) bond motifs is 1. The van der Waals surface area contributed by atoms with Crippen LogP contribution in [0.5, 0.6) is 0 Å². The number of aryl methyl sites for hydroxylation is 2. The van der Waals surface area contributed by atoms with E-state index in [4.69, 9.17) is 19.5 Å². The van der Waals surface area contributed by atoms with Crippen LogP contribution in [0.15, 0.2) is 57.8 Å². The maximum Gasteiger partial charge on any atom is 0.344 e. The molecular weight excluding hydrogens is 390 g/mol. The first-order chi connectivity index (χ1) is 14.6. The molecule has 0 amide bonds. The first-order valence-corrected chi connectivity index (χ1v) is 10.3. The third-order valence-corrected chi connectivity index (χ3v) is 5.15. The third-order valence-electron chi connectivity index (χ3n) is 5.15. The van der Waals surface area contributed by atoms with E-state index < -0.39 is 17.1 Å². The molecule has 31 heavy (non-hydrogen) atoms. The van der Waals surface area contributed by atoms with Gasteiger partial charge in [0.15, 0.2) is 0 Å². The van der Waals surface area contributed by atoms with Gasteiger partial charge >= 0.3 is 5.97 Å². The number of aromatic amines is 1. The maximum atomic E-state index is 13.4. The van der Waals surface area contributed by atoms with Gasteiger partial charge in [-0.15, -0.1) is 0 Å². The zero-order valence-electron chi connectivity index (χ0n) is 18.7. The smallest absolute Gasteiger partial charge is 0.344 e. The summed E-state index contributed by atoms with van der Waals surface area (Å²) >= 11 is 0. The molecule has 1 atom stereocenters. The summed E-state index contributed by atoms with van der Waals surface area (Å²) in [5.41, 5.74) is 2.20. The summed E-state index contributed by atoms with van der Waals surface area (Å²) in [4.78, 5) is 26.3. The summed E-state index contributed by atoms with van der Waals surface area (Å²) in [7, 11) is 1.59. The number of carbonyl (C=O) groups is 1. The molecule has 0 spiro atoms. The monoisotopic (exact) mass is 417 g/mol. The Kier molecular flexibility index (Phi) is 4.96. The topological polar surface area (TPSA) is 76.0 Å². The lowest BCUT2D eigenvalue weighted by Gasteiger charge is -2.27. The van der Waals surface area contributed by atoms with Crippen molar-refractivity contribution in [2.75, 3.05) is 7.11 Å². The minimum Gasteiger partial charge on any atom is -0.494 e. The Hall–Kier alpha value is -3.41. The zero-order chi connectivity index (χ0) is 22.4. The second kappa shape index (κ2) is 7.38. The number of nitrogens with zero attached hydrogens (tertiary/aromatic N) is 2. The SMILES string of the molecule is COC1=CC(C2(C(=O)OC(C)(C)C)C=c3ccccc3=N2)=NC1=Cc1[nH]c(C)cc1C. The quantitative estimate of drug-likeness (QED) is 0.777. The lowest BCUT2D eigenvalue weighted by molar-refractivity contribution is -0.156. The summed E-state index contributed by atoms with van der Waals surface area (Å²) in [6.07, 6.45) is 5.52. The Balaban J connectivity index is 1.86. The molecule has 3 heterocycles.